The molecule has 132 valence electrons. The Bertz CT molecular complexity index is 808. The zero-order valence-electron chi connectivity index (χ0n) is 13.8. The van der Waals surface area contributed by atoms with Gasteiger partial charge in [0.2, 0.25) is 5.13 Å². The molecule has 5 nitrogen and oxygen atoms in total. The highest BCUT2D eigenvalue weighted by atomic mass is 35.5. The topological polar surface area (TPSA) is 58.1 Å². The molecule has 2 amide bonds. The third kappa shape index (κ3) is 4.76. The molecule has 1 fully saturated rings. The first kappa shape index (κ1) is 17.8. The van der Waals surface area contributed by atoms with E-state index in [0.29, 0.717) is 41.1 Å². The molecule has 0 atom stereocenters. The van der Waals surface area contributed by atoms with Crippen molar-refractivity contribution in [3.63, 3.8) is 0 Å². The summed E-state index contributed by atoms with van der Waals surface area (Å²) in [7, 11) is 0. The number of benzene rings is 1. The number of aryl methyl sites for hydroxylation is 1. The van der Waals surface area contributed by atoms with Crippen LogP contribution in [0, 0.1) is 12.7 Å². The monoisotopic (exact) mass is 380 g/mol. The van der Waals surface area contributed by atoms with E-state index in [1.807, 2.05) is 6.08 Å². The number of likely N-dealkylation sites (tertiary alicyclic amines) is 1. The van der Waals surface area contributed by atoms with Gasteiger partial charge in [0.05, 0.1) is 0 Å². The van der Waals surface area contributed by atoms with E-state index in [2.05, 4.69) is 14.7 Å². The van der Waals surface area contributed by atoms with E-state index in [1.165, 1.54) is 17.6 Å². The molecule has 3 rings (SSSR count). The number of amides is 2. The van der Waals surface area contributed by atoms with Crippen LogP contribution in [0.3, 0.4) is 0 Å². The molecular formula is C17H18ClFN4OS. The molecule has 0 bridgehead atoms. The predicted molar refractivity (Wildman–Crippen MR) is 98.5 cm³/mol. The number of hydrogen-bond donors (Lipinski definition) is 1. The average Bonchev–Trinajstić information content (AvgIpc) is 2.83. The molecule has 1 aromatic heterocycles. The molecule has 25 heavy (non-hydrogen) atoms. The quantitative estimate of drug-likeness (QED) is 0.818. The highest BCUT2D eigenvalue weighted by Gasteiger charge is 2.18. The second-order valence-electron chi connectivity index (χ2n) is 5.89. The van der Waals surface area contributed by atoms with Crippen molar-refractivity contribution in [2.45, 2.75) is 26.2 Å². The lowest BCUT2D eigenvalue weighted by Crippen LogP contribution is -2.35. The first-order chi connectivity index (χ1) is 12.0. The summed E-state index contributed by atoms with van der Waals surface area (Å²) in [6, 6.07) is 4.50. The number of carbonyl (C=O) groups excluding carboxylic acids is 1. The second-order valence-corrected chi connectivity index (χ2v) is 7.07. The van der Waals surface area contributed by atoms with Crippen molar-refractivity contribution in [2.24, 2.45) is 0 Å². The summed E-state index contributed by atoms with van der Waals surface area (Å²) in [6.07, 6.45) is 4.25. The van der Waals surface area contributed by atoms with Crippen LogP contribution in [0.2, 0.25) is 5.02 Å². The Morgan fingerprint density at radius 2 is 2.24 bits per heavy atom. The van der Waals surface area contributed by atoms with Crippen molar-refractivity contribution in [3.05, 3.63) is 46.0 Å². The van der Waals surface area contributed by atoms with Crippen LogP contribution in [0.1, 0.15) is 30.7 Å². The van der Waals surface area contributed by atoms with Gasteiger partial charge in [0.1, 0.15) is 11.6 Å². The lowest BCUT2D eigenvalue weighted by molar-refractivity contribution is 0.214. The number of carbonyl (C=O) groups is 1. The van der Waals surface area contributed by atoms with E-state index < -0.39 is 0 Å². The molecule has 0 unspecified atom stereocenters. The third-order valence-electron chi connectivity index (χ3n) is 3.98. The summed E-state index contributed by atoms with van der Waals surface area (Å²) in [5.41, 5.74) is 1.66. The highest BCUT2D eigenvalue weighted by Crippen LogP contribution is 2.23. The van der Waals surface area contributed by atoms with Crippen molar-refractivity contribution in [1.29, 1.82) is 0 Å². The standard InChI is InChI=1S/C17H18ClFN4OS/c1-11-20-16(25-22-11)21-17(24)23-7-2-3-12(6-8-23)9-13-4-5-14(18)10-15(13)19/h4-5,9-10H,2-3,6-8H2,1H3,(H,20,21,22,24). The fraction of sp³-hybridized carbons (Fsp3) is 0.353. The van der Waals surface area contributed by atoms with Gasteiger partial charge in [-0.1, -0.05) is 29.3 Å². The smallest absolute Gasteiger partial charge is 0.323 e. The number of rotatable bonds is 2. The molecule has 0 saturated carbocycles. The normalized spacial score (nSPS) is 16.8. The molecule has 0 aliphatic carbocycles. The summed E-state index contributed by atoms with van der Waals surface area (Å²) in [5, 5.41) is 3.67. The minimum atomic E-state index is -0.328. The van der Waals surface area contributed by atoms with Crippen LogP contribution in [0.25, 0.3) is 6.08 Å². The van der Waals surface area contributed by atoms with Crippen LogP contribution in [-0.2, 0) is 0 Å². The van der Waals surface area contributed by atoms with Gasteiger partial charge in [0.15, 0.2) is 0 Å². The highest BCUT2D eigenvalue weighted by molar-refractivity contribution is 7.09. The van der Waals surface area contributed by atoms with Crippen molar-refractivity contribution < 1.29 is 9.18 Å². The second kappa shape index (κ2) is 7.93. The lowest BCUT2D eigenvalue weighted by Gasteiger charge is -2.19. The Hall–Kier alpha value is -1.99. The predicted octanol–water partition coefficient (Wildman–Crippen LogP) is 4.74. The molecule has 1 aliphatic rings. The average molecular weight is 381 g/mol. The van der Waals surface area contributed by atoms with Crippen LogP contribution >= 0.6 is 23.1 Å². The number of halogens is 2. The van der Waals surface area contributed by atoms with Crippen LogP contribution in [-0.4, -0.2) is 33.4 Å². The zero-order valence-corrected chi connectivity index (χ0v) is 15.3. The van der Waals surface area contributed by atoms with Crippen LogP contribution in [0.4, 0.5) is 14.3 Å². The summed E-state index contributed by atoms with van der Waals surface area (Å²) in [4.78, 5) is 18.2. The number of hydrogen-bond acceptors (Lipinski definition) is 4. The molecule has 0 radical (unpaired) electrons. The summed E-state index contributed by atoms with van der Waals surface area (Å²) >= 11 is 6.96. The fourth-order valence-electron chi connectivity index (χ4n) is 2.72. The first-order valence-corrected chi connectivity index (χ1v) is 9.17. The Balaban J connectivity index is 1.63. The number of nitrogens with one attached hydrogen (secondary N) is 1. The number of nitrogens with zero attached hydrogens (tertiary/aromatic N) is 3. The van der Waals surface area contributed by atoms with Gasteiger partial charge in [-0.15, -0.1) is 0 Å². The van der Waals surface area contributed by atoms with Gasteiger partial charge < -0.3 is 4.90 Å². The van der Waals surface area contributed by atoms with Gasteiger partial charge in [-0.05, 0) is 38.3 Å². The number of aromatic nitrogens is 2. The zero-order chi connectivity index (χ0) is 17.8. The van der Waals surface area contributed by atoms with Crippen molar-refractivity contribution >= 4 is 40.4 Å². The fourth-order valence-corrected chi connectivity index (χ4v) is 3.44. The van der Waals surface area contributed by atoms with Crippen LogP contribution in [0.5, 0.6) is 0 Å². The van der Waals surface area contributed by atoms with Gasteiger partial charge in [0.25, 0.3) is 0 Å². The maximum atomic E-state index is 13.9. The number of anilines is 1. The van der Waals surface area contributed by atoms with Crippen molar-refractivity contribution in [2.75, 3.05) is 18.4 Å². The van der Waals surface area contributed by atoms with E-state index in [1.54, 1.807) is 24.0 Å². The molecule has 1 N–H and O–H groups in total. The van der Waals surface area contributed by atoms with Gasteiger partial charge in [-0.25, -0.2) is 14.2 Å². The van der Waals surface area contributed by atoms with Gasteiger partial charge >= 0.3 is 6.03 Å². The van der Waals surface area contributed by atoms with E-state index in [-0.39, 0.29) is 11.8 Å². The number of urea groups is 1. The Morgan fingerprint density at radius 3 is 2.96 bits per heavy atom. The summed E-state index contributed by atoms with van der Waals surface area (Å²) < 4.78 is 18.0. The molecule has 1 saturated heterocycles. The first-order valence-electron chi connectivity index (χ1n) is 8.02. The maximum Gasteiger partial charge on any atom is 0.323 e. The van der Waals surface area contributed by atoms with Crippen LogP contribution in [0.15, 0.2) is 23.8 Å². The van der Waals surface area contributed by atoms with E-state index >= 15 is 0 Å². The largest absolute Gasteiger partial charge is 0.324 e. The minimum Gasteiger partial charge on any atom is -0.324 e. The van der Waals surface area contributed by atoms with Gasteiger partial charge in [-0.2, -0.15) is 4.37 Å². The van der Waals surface area contributed by atoms with Crippen molar-refractivity contribution in [3.8, 4) is 0 Å². The summed E-state index contributed by atoms with van der Waals surface area (Å²) in [5.74, 6) is 0.317. The van der Waals surface area contributed by atoms with Crippen molar-refractivity contribution in [1.82, 2.24) is 14.3 Å². The Labute approximate surface area is 154 Å². The van der Waals surface area contributed by atoms with E-state index in [9.17, 15) is 9.18 Å². The Morgan fingerprint density at radius 1 is 1.40 bits per heavy atom. The molecule has 1 aromatic carbocycles. The molecule has 1 aliphatic heterocycles. The summed E-state index contributed by atoms with van der Waals surface area (Å²) in [6.45, 7) is 3.03. The molecule has 0 spiro atoms. The Kier molecular flexibility index (Phi) is 5.65. The lowest BCUT2D eigenvalue weighted by atomic mass is 10.0. The molecule has 8 heteroatoms. The van der Waals surface area contributed by atoms with E-state index in [4.69, 9.17) is 11.6 Å². The third-order valence-corrected chi connectivity index (χ3v) is 4.94. The maximum absolute atomic E-state index is 13.9. The van der Waals surface area contributed by atoms with E-state index in [0.717, 1.165) is 18.4 Å². The minimum absolute atomic E-state index is 0.171. The van der Waals surface area contributed by atoms with Gasteiger partial charge in [0, 0.05) is 35.2 Å². The molecular weight excluding hydrogens is 363 g/mol. The SMILES string of the molecule is Cc1nsc(NC(=O)N2CCCC(=Cc3ccc(Cl)cc3F)CC2)n1. The van der Waals surface area contributed by atoms with Gasteiger partial charge in [-0.3, -0.25) is 5.32 Å². The molecule has 2 heterocycles. The molecule has 2 aromatic rings. The van der Waals surface area contributed by atoms with Crippen LogP contribution < -0.4 is 5.32 Å².